The first kappa shape index (κ1) is 26.2. The maximum atomic E-state index is 11.5. The molecule has 0 aliphatic heterocycles. The molecule has 1 aromatic carbocycles. The average molecular weight is 540 g/mol. The molecule has 0 fully saturated rings. The summed E-state index contributed by atoms with van der Waals surface area (Å²) in [5, 5.41) is 12.4. The lowest BCUT2D eigenvalue weighted by molar-refractivity contribution is -0.138. The largest absolute Gasteiger partial charge is 0.480 e. The number of aryl methyl sites for hydroxylation is 2. The van der Waals surface area contributed by atoms with Crippen LogP contribution in [-0.4, -0.2) is 42.3 Å². The van der Waals surface area contributed by atoms with Crippen molar-refractivity contribution in [2.45, 2.75) is 56.2 Å². The summed E-state index contributed by atoms with van der Waals surface area (Å²) in [6, 6.07) is 10.2. The lowest BCUT2D eigenvalue weighted by Gasteiger charge is -2.22. The summed E-state index contributed by atoms with van der Waals surface area (Å²) in [7, 11) is 0. The number of nitrogens with zero attached hydrogens (tertiary/aromatic N) is 5. The van der Waals surface area contributed by atoms with Crippen LogP contribution in [0.25, 0.3) is 10.6 Å². The normalized spacial score (nSPS) is 11.6. The predicted molar refractivity (Wildman–Crippen MR) is 148 cm³/mol. The standard InChI is InChI=1S/C26H29N5O2S3/c1-5-18-13-27-24(28-14-18)31(12-11-20-16-34-25(29-20)36-26(3,4)23(32)33)15-21-17(2)35-22(30-21)19-9-7-6-8-10-19/h6-10,13-14,16H,5,11-12,15H2,1-4H3,(H,32,33). The lowest BCUT2D eigenvalue weighted by atomic mass is 10.2. The summed E-state index contributed by atoms with van der Waals surface area (Å²) in [6.45, 7) is 8.84. The van der Waals surface area contributed by atoms with Crippen LogP contribution in [0.15, 0.2) is 52.4 Å². The zero-order valence-corrected chi connectivity index (χ0v) is 23.2. The van der Waals surface area contributed by atoms with Gasteiger partial charge in [-0.05, 0) is 32.8 Å². The molecule has 10 heteroatoms. The van der Waals surface area contributed by atoms with Gasteiger partial charge in [-0.3, -0.25) is 4.79 Å². The Bertz CT molecular complexity index is 1300. The van der Waals surface area contributed by atoms with E-state index in [1.165, 1.54) is 28.0 Å². The molecule has 4 rings (SSSR count). The highest BCUT2D eigenvalue weighted by Gasteiger charge is 2.30. The number of aromatic nitrogens is 4. The van der Waals surface area contributed by atoms with Crippen molar-refractivity contribution in [3.05, 3.63) is 69.9 Å². The van der Waals surface area contributed by atoms with Crippen molar-refractivity contribution in [1.29, 1.82) is 0 Å². The van der Waals surface area contributed by atoms with Crippen LogP contribution >= 0.6 is 34.4 Å². The third-order valence-corrected chi connectivity index (χ3v) is 8.90. The number of carboxylic acid groups (broad SMARTS) is 1. The van der Waals surface area contributed by atoms with Crippen LogP contribution in [0.2, 0.25) is 0 Å². The first-order chi connectivity index (χ1) is 17.2. The number of thioether (sulfide) groups is 1. The van der Waals surface area contributed by atoms with Crippen molar-refractivity contribution in [1.82, 2.24) is 19.9 Å². The fourth-order valence-electron chi connectivity index (χ4n) is 3.36. The number of aliphatic carboxylic acids is 1. The summed E-state index contributed by atoms with van der Waals surface area (Å²) in [5.74, 6) is -0.186. The Morgan fingerprint density at radius 2 is 1.86 bits per heavy atom. The van der Waals surface area contributed by atoms with E-state index in [4.69, 9.17) is 4.98 Å². The summed E-state index contributed by atoms with van der Waals surface area (Å²) >= 11 is 4.45. The number of anilines is 1. The van der Waals surface area contributed by atoms with Crippen molar-refractivity contribution in [2.24, 2.45) is 0 Å². The molecule has 0 aliphatic carbocycles. The van der Waals surface area contributed by atoms with Gasteiger partial charge >= 0.3 is 5.97 Å². The highest BCUT2D eigenvalue weighted by Crippen LogP contribution is 2.35. The van der Waals surface area contributed by atoms with Crippen LogP contribution in [0.4, 0.5) is 5.95 Å². The molecule has 0 amide bonds. The number of hydrogen-bond acceptors (Lipinski definition) is 9. The number of thiazole rings is 2. The summed E-state index contributed by atoms with van der Waals surface area (Å²) < 4.78 is -0.162. The smallest absolute Gasteiger partial charge is 0.319 e. The van der Waals surface area contributed by atoms with Crippen LogP contribution in [-0.2, 0) is 24.2 Å². The number of rotatable bonds is 11. The topological polar surface area (TPSA) is 92.1 Å². The van der Waals surface area contributed by atoms with Crippen LogP contribution in [0, 0.1) is 6.92 Å². The van der Waals surface area contributed by atoms with Gasteiger partial charge in [0.1, 0.15) is 9.75 Å². The molecular weight excluding hydrogens is 511 g/mol. The van der Waals surface area contributed by atoms with Gasteiger partial charge in [0.25, 0.3) is 0 Å². The molecular formula is C26H29N5O2S3. The minimum absolute atomic E-state index is 0.596. The van der Waals surface area contributed by atoms with Gasteiger partial charge in [0.2, 0.25) is 5.95 Å². The molecule has 0 saturated heterocycles. The van der Waals surface area contributed by atoms with E-state index in [2.05, 4.69) is 45.8 Å². The van der Waals surface area contributed by atoms with E-state index in [-0.39, 0.29) is 0 Å². The molecule has 36 heavy (non-hydrogen) atoms. The summed E-state index contributed by atoms with van der Waals surface area (Å²) in [5.41, 5.74) is 4.15. The minimum Gasteiger partial charge on any atom is -0.480 e. The first-order valence-corrected chi connectivity index (χ1v) is 14.2. The maximum absolute atomic E-state index is 11.5. The molecule has 0 unspecified atom stereocenters. The molecule has 0 radical (unpaired) electrons. The molecule has 0 atom stereocenters. The molecule has 4 aromatic rings. The number of carbonyl (C=O) groups is 1. The van der Waals surface area contributed by atoms with Crippen molar-refractivity contribution >= 4 is 46.4 Å². The van der Waals surface area contributed by atoms with E-state index >= 15 is 0 Å². The van der Waals surface area contributed by atoms with Crippen LogP contribution < -0.4 is 4.90 Å². The van der Waals surface area contributed by atoms with Gasteiger partial charge in [-0.25, -0.2) is 19.9 Å². The molecule has 0 spiro atoms. The molecule has 3 heterocycles. The summed E-state index contributed by atoms with van der Waals surface area (Å²) in [4.78, 5) is 33.7. The molecule has 188 valence electrons. The average Bonchev–Trinajstić information content (AvgIpc) is 3.47. The van der Waals surface area contributed by atoms with Gasteiger partial charge in [0.05, 0.1) is 17.9 Å². The van der Waals surface area contributed by atoms with E-state index in [1.807, 2.05) is 36.0 Å². The quantitative estimate of drug-likeness (QED) is 0.228. The van der Waals surface area contributed by atoms with Crippen LogP contribution in [0.1, 0.15) is 42.6 Å². The van der Waals surface area contributed by atoms with Crippen molar-refractivity contribution in [3.63, 3.8) is 0 Å². The SMILES string of the molecule is CCc1cnc(N(CCc2csc(SC(C)(C)C(=O)O)n2)Cc2nc(-c3ccccc3)sc2C)nc1. The maximum Gasteiger partial charge on any atom is 0.319 e. The molecule has 7 nitrogen and oxygen atoms in total. The van der Waals surface area contributed by atoms with E-state index in [0.717, 1.165) is 38.3 Å². The number of hydrogen-bond donors (Lipinski definition) is 1. The number of benzene rings is 1. The second-order valence-electron chi connectivity index (χ2n) is 8.83. The van der Waals surface area contributed by atoms with Crippen molar-refractivity contribution < 1.29 is 9.90 Å². The Morgan fingerprint density at radius 3 is 2.53 bits per heavy atom. The predicted octanol–water partition coefficient (Wildman–Crippen LogP) is 6.13. The highest BCUT2D eigenvalue weighted by atomic mass is 32.2. The lowest BCUT2D eigenvalue weighted by Crippen LogP contribution is -2.28. The van der Waals surface area contributed by atoms with E-state index in [9.17, 15) is 9.90 Å². The zero-order valence-electron chi connectivity index (χ0n) is 20.8. The molecule has 0 saturated carbocycles. The second kappa shape index (κ2) is 11.5. The van der Waals surface area contributed by atoms with Gasteiger partial charge in [-0.15, -0.1) is 22.7 Å². The monoisotopic (exact) mass is 539 g/mol. The zero-order chi connectivity index (χ0) is 25.7. The molecule has 1 N–H and O–H groups in total. The fraction of sp³-hybridized carbons (Fsp3) is 0.346. The molecule has 0 bridgehead atoms. The van der Waals surface area contributed by atoms with Crippen molar-refractivity contribution in [2.75, 3.05) is 11.4 Å². The van der Waals surface area contributed by atoms with Gasteiger partial charge < -0.3 is 10.0 Å². The van der Waals surface area contributed by atoms with E-state index in [1.54, 1.807) is 25.2 Å². The second-order valence-corrected chi connectivity index (χ2v) is 12.8. The third-order valence-electron chi connectivity index (χ3n) is 5.66. The molecule has 3 aromatic heterocycles. The van der Waals surface area contributed by atoms with Gasteiger partial charge in [-0.1, -0.05) is 49.0 Å². The first-order valence-electron chi connectivity index (χ1n) is 11.7. The van der Waals surface area contributed by atoms with E-state index < -0.39 is 10.7 Å². The van der Waals surface area contributed by atoms with Gasteiger partial charge in [-0.2, -0.15) is 0 Å². The van der Waals surface area contributed by atoms with Crippen LogP contribution in [0.3, 0.4) is 0 Å². The Labute approximate surface area is 223 Å². The van der Waals surface area contributed by atoms with Crippen molar-refractivity contribution in [3.8, 4) is 10.6 Å². The van der Waals surface area contributed by atoms with E-state index in [0.29, 0.717) is 25.5 Å². The fourth-order valence-corrected chi connectivity index (χ4v) is 6.52. The highest BCUT2D eigenvalue weighted by molar-refractivity contribution is 8.03. The minimum atomic E-state index is -0.922. The Morgan fingerprint density at radius 1 is 1.14 bits per heavy atom. The van der Waals surface area contributed by atoms with Crippen LogP contribution in [0.5, 0.6) is 0 Å². The Kier molecular flexibility index (Phi) is 8.38. The van der Waals surface area contributed by atoms with Gasteiger partial charge in [0.15, 0.2) is 4.34 Å². The third kappa shape index (κ3) is 6.48. The number of carboxylic acids is 1. The molecule has 0 aliphatic rings. The van der Waals surface area contributed by atoms with Gasteiger partial charge in [0, 0.05) is 41.2 Å². The summed E-state index contributed by atoms with van der Waals surface area (Å²) in [6.07, 6.45) is 5.34. The Balaban J connectivity index is 1.52. The Hall–Kier alpha value is -2.82.